The monoisotopic (exact) mass is 391 g/mol. The van der Waals surface area contributed by atoms with Crippen molar-refractivity contribution in [3.05, 3.63) is 77.3 Å². The molecule has 1 saturated heterocycles. The molecule has 0 aliphatic carbocycles. The molecular formula is C22H22ClN5. The quantitative estimate of drug-likeness (QED) is 0.529. The smallest absolute Gasteiger partial charge is 0.137 e. The van der Waals surface area contributed by atoms with Gasteiger partial charge in [0.2, 0.25) is 0 Å². The van der Waals surface area contributed by atoms with E-state index in [-0.39, 0.29) is 0 Å². The highest BCUT2D eigenvalue weighted by molar-refractivity contribution is 6.31. The van der Waals surface area contributed by atoms with Crippen molar-refractivity contribution in [3.8, 4) is 0 Å². The van der Waals surface area contributed by atoms with E-state index < -0.39 is 0 Å². The Labute approximate surface area is 169 Å². The minimum absolute atomic E-state index is 0.779. The van der Waals surface area contributed by atoms with E-state index in [4.69, 9.17) is 16.6 Å². The number of piperazine rings is 1. The maximum absolute atomic E-state index is 6.33. The molecule has 28 heavy (non-hydrogen) atoms. The first kappa shape index (κ1) is 17.6. The summed E-state index contributed by atoms with van der Waals surface area (Å²) >= 11 is 6.33. The number of hydrogen-bond donors (Lipinski definition) is 0. The van der Waals surface area contributed by atoms with Gasteiger partial charge in [-0.2, -0.15) is 0 Å². The zero-order valence-corrected chi connectivity index (χ0v) is 16.4. The van der Waals surface area contributed by atoms with Crippen molar-refractivity contribution in [2.24, 2.45) is 0 Å². The molecule has 4 aromatic rings. The second-order valence-corrected chi connectivity index (χ2v) is 7.83. The summed E-state index contributed by atoms with van der Waals surface area (Å²) in [6.07, 6.45) is 6.03. The lowest BCUT2D eigenvalue weighted by Gasteiger charge is -2.34. The molecular weight excluding hydrogens is 370 g/mol. The first-order valence-corrected chi connectivity index (χ1v) is 10.0. The number of rotatable bonds is 4. The second-order valence-electron chi connectivity index (χ2n) is 7.39. The van der Waals surface area contributed by atoms with Crippen LogP contribution in [0.5, 0.6) is 0 Å². The van der Waals surface area contributed by atoms with Crippen LogP contribution in [0.15, 0.2) is 61.1 Å². The van der Waals surface area contributed by atoms with Crippen LogP contribution in [0.2, 0.25) is 5.02 Å². The Kier molecular flexibility index (Phi) is 4.72. The average Bonchev–Trinajstić information content (AvgIpc) is 3.11. The Balaban J connectivity index is 1.24. The van der Waals surface area contributed by atoms with Gasteiger partial charge < -0.3 is 4.40 Å². The summed E-state index contributed by atoms with van der Waals surface area (Å²) in [6, 6.07) is 14.2. The third-order valence-corrected chi connectivity index (χ3v) is 5.63. The molecule has 0 N–H and O–H groups in total. The number of imidazole rings is 1. The fourth-order valence-electron chi connectivity index (χ4n) is 3.99. The van der Waals surface area contributed by atoms with Crippen molar-refractivity contribution in [1.82, 2.24) is 24.2 Å². The standard InChI is InChI=1S/C22H22ClN5/c23-19-12-17-4-3-6-24-22(17)18(13-19)14-26-8-10-27(11-9-26)15-20-16-28-7-2-1-5-21(28)25-20/h1-7,12-13,16H,8-11,14-15H2. The second kappa shape index (κ2) is 7.51. The Morgan fingerprint density at radius 3 is 2.57 bits per heavy atom. The van der Waals surface area contributed by atoms with Crippen molar-refractivity contribution in [2.45, 2.75) is 13.1 Å². The van der Waals surface area contributed by atoms with Crippen LogP contribution >= 0.6 is 11.6 Å². The summed E-state index contributed by atoms with van der Waals surface area (Å²) in [5, 5.41) is 1.89. The highest BCUT2D eigenvalue weighted by Crippen LogP contribution is 2.24. The van der Waals surface area contributed by atoms with Gasteiger partial charge in [-0.1, -0.05) is 23.7 Å². The van der Waals surface area contributed by atoms with E-state index in [0.717, 1.165) is 66.5 Å². The van der Waals surface area contributed by atoms with Gasteiger partial charge in [0.25, 0.3) is 0 Å². The van der Waals surface area contributed by atoms with E-state index in [1.165, 1.54) is 5.56 Å². The molecule has 0 radical (unpaired) electrons. The minimum Gasteiger partial charge on any atom is -0.307 e. The van der Waals surface area contributed by atoms with E-state index in [1.54, 1.807) is 0 Å². The fourth-order valence-corrected chi connectivity index (χ4v) is 4.24. The predicted octanol–water partition coefficient (Wildman–Crippen LogP) is 3.85. The summed E-state index contributed by atoms with van der Waals surface area (Å²) in [7, 11) is 0. The number of benzene rings is 1. The molecule has 0 spiro atoms. The molecule has 1 aromatic carbocycles. The number of hydrogen-bond acceptors (Lipinski definition) is 4. The lowest BCUT2D eigenvalue weighted by atomic mass is 10.1. The Morgan fingerprint density at radius 1 is 0.929 bits per heavy atom. The zero-order valence-electron chi connectivity index (χ0n) is 15.6. The van der Waals surface area contributed by atoms with Crippen LogP contribution in [-0.2, 0) is 13.1 Å². The summed E-state index contributed by atoms with van der Waals surface area (Å²) in [5.74, 6) is 0. The third-order valence-electron chi connectivity index (χ3n) is 5.41. The predicted molar refractivity (Wildman–Crippen MR) is 112 cm³/mol. The Bertz CT molecular complexity index is 1080. The number of aromatic nitrogens is 3. The number of nitrogens with zero attached hydrogens (tertiary/aromatic N) is 5. The van der Waals surface area contributed by atoms with Crippen LogP contribution < -0.4 is 0 Å². The van der Waals surface area contributed by atoms with Gasteiger partial charge in [0.1, 0.15) is 5.65 Å². The van der Waals surface area contributed by atoms with Crippen LogP contribution in [0.25, 0.3) is 16.6 Å². The first-order valence-electron chi connectivity index (χ1n) is 9.65. The van der Waals surface area contributed by atoms with Gasteiger partial charge in [-0.3, -0.25) is 14.8 Å². The third kappa shape index (κ3) is 3.61. The van der Waals surface area contributed by atoms with E-state index in [2.05, 4.69) is 37.5 Å². The van der Waals surface area contributed by atoms with Gasteiger partial charge in [-0.25, -0.2) is 4.98 Å². The molecule has 4 heterocycles. The molecule has 3 aromatic heterocycles. The maximum atomic E-state index is 6.33. The van der Waals surface area contributed by atoms with Crippen LogP contribution in [0.1, 0.15) is 11.3 Å². The molecule has 5 nitrogen and oxygen atoms in total. The molecule has 5 rings (SSSR count). The summed E-state index contributed by atoms with van der Waals surface area (Å²) in [6.45, 7) is 5.94. The Hall–Kier alpha value is -2.47. The largest absolute Gasteiger partial charge is 0.307 e. The Morgan fingerprint density at radius 2 is 1.75 bits per heavy atom. The normalized spacial score (nSPS) is 16.2. The van der Waals surface area contributed by atoms with E-state index in [9.17, 15) is 0 Å². The molecule has 0 unspecified atom stereocenters. The number of halogens is 1. The summed E-state index contributed by atoms with van der Waals surface area (Å²) in [5.41, 5.74) is 4.40. The van der Waals surface area contributed by atoms with Gasteiger partial charge in [0.05, 0.1) is 11.2 Å². The number of pyridine rings is 2. The molecule has 0 amide bonds. The van der Waals surface area contributed by atoms with Crippen LogP contribution in [0.3, 0.4) is 0 Å². The fraction of sp³-hybridized carbons (Fsp3) is 0.273. The van der Waals surface area contributed by atoms with Gasteiger partial charge in [0.15, 0.2) is 0 Å². The lowest BCUT2D eigenvalue weighted by molar-refractivity contribution is 0.121. The summed E-state index contributed by atoms with van der Waals surface area (Å²) in [4.78, 5) is 14.3. The summed E-state index contributed by atoms with van der Waals surface area (Å²) < 4.78 is 2.09. The van der Waals surface area contributed by atoms with Crippen LogP contribution in [0, 0.1) is 0 Å². The van der Waals surface area contributed by atoms with Gasteiger partial charge in [-0.15, -0.1) is 0 Å². The van der Waals surface area contributed by atoms with Gasteiger partial charge in [0, 0.05) is 68.3 Å². The van der Waals surface area contributed by atoms with E-state index in [0.29, 0.717) is 0 Å². The molecule has 1 fully saturated rings. The van der Waals surface area contributed by atoms with Gasteiger partial charge >= 0.3 is 0 Å². The molecule has 6 heteroatoms. The SMILES string of the molecule is Clc1cc(CN2CCN(Cc3cn4ccccc4n3)CC2)c2ncccc2c1. The van der Waals surface area contributed by atoms with Crippen LogP contribution in [-0.4, -0.2) is 50.3 Å². The molecule has 0 atom stereocenters. The average molecular weight is 392 g/mol. The van der Waals surface area contributed by atoms with Crippen LogP contribution in [0.4, 0.5) is 0 Å². The highest BCUT2D eigenvalue weighted by Gasteiger charge is 2.19. The van der Waals surface area contributed by atoms with Crippen molar-refractivity contribution < 1.29 is 0 Å². The lowest BCUT2D eigenvalue weighted by Crippen LogP contribution is -2.45. The van der Waals surface area contributed by atoms with Crippen molar-refractivity contribution in [2.75, 3.05) is 26.2 Å². The number of fused-ring (bicyclic) bond motifs is 2. The van der Waals surface area contributed by atoms with Gasteiger partial charge in [-0.05, 0) is 35.9 Å². The van der Waals surface area contributed by atoms with E-state index in [1.807, 2.05) is 42.7 Å². The van der Waals surface area contributed by atoms with Crippen molar-refractivity contribution in [3.63, 3.8) is 0 Å². The van der Waals surface area contributed by atoms with Crippen molar-refractivity contribution >= 4 is 28.2 Å². The highest BCUT2D eigenvalue weighted by atomic mass is 35.5. The molecule has 1 aliphatic rings. The first-order chi connectivity index (χ1) is 13.7. The maximum Gasteiger partial charge on any atom is 0.137 e. The molecule has 142 valence electrons. The van der Waals surface area contributed by atoms with E-state index >= 15 is 0 Å². The molecule has 1 aliphatic heterocycles. The topological polar surface area (TPSA) is 36.7 Å². The zero-order chi connectivity index (χ0) is 18.9. The minimum atomic E-state index is 0.779. The van der Waals surface area contributed by atoms with Crippen molar-refractivity contribution in [1.29, 1.82) is 0 Å². The molecule has 0 bridgehead atoms. The molecule has 0 saturated carbocycles.